The third-order valence-electron chi connectivity index (χ3n) is 4.52. The van der Waals surface area contributed by atoms with Crippen molar-refractivity contribution in [1.82, 2.24) is 15.0 Å². The van der Waals surface area contributed by atoms with Crippen molar-refractivity contribution >= 4 is 40.1 Å². The molecule has 4 heterocycles. The van der Waals surface area contributed by atoms with Crippen LogP contribution >= 0.6 is 11.8 Å². The Hall–Kier alpha value is -2.58. The van der Waals surface area contributed by atoms with E-state index in [4.69, 9.17) is 9.72 Å². The molecule has 0 aromatic carbocycles. The van der Waals surface area contributed by atoms with Crippen LogP contribution in [0.4, 0.5) is 11.5 Å². The first kappa shape index (κ1) is 17.8. The van der Waals surface area contributed by atoms with E-state index >= 15 is 0 Å². The van der Waals surface area contributed by atoms with Crippen LogP contribution in [0.25, 0.3) is 22.2 Å². The summed E-state index contributed by atoms with van der Waals surface area (Å²) in [5.74, 6) is 0.390. The van der Waals surface area contributed by atoms with Crippen LogP contribution in [0.3, 0.4) is 0 Å². The van der Waals surface area contributed by atoms with Gasteiger partial charge in [0.25, 0.3) is 0 Å². The average Bonchev–Trinajstić information content (AvgIpc) is 3.11. The first-order valence-corrected chi connectivity index (χ1v) is 10.0. The minimum atomic E-state index is -0.143. The van der Waals surface area contributed by atoms with Crippen molar-refractivity contribution in [1.29, 1.82) is 0 Å². The van der Waals surface area contributed by atoms with Gasteiger partial charge in [-0.1, -0.05) is 0 Å². The fraction of sp³-hybridized carbons (Fsp3) is 0.316. The van der Waals surface area contributed by atoms with Crippen molar-refractivity contribution in [2.75, 3.05) is 42.8 Å². The molecule has 3 aromatic rings. The second kappa shape index (κ2) is 7.58. The van der Waals surface area contributed by atoms with E-state index in [-0.39, 0.29) is 5.91 Å². The molecule has 140 valence electrons. The third-order valence-corrected chi connectivity index (χ3v) is 5.15. The third kappa shape index (κ3) is 3.77. The molecule has 0 bridgehead atoms. The van der Waals surface area contributed by atoms with Crippen LogP contribution in [0.1, 0.15) is 6.92 Å². The molecule has 27 heavy (non-hydrogen) atoms. The van der Waals surface area contributed by atoms with Crippen molar-refractivity contribution in [3.8, 4) is 11.3 Å². The van der Waals surface area contributed by atoms with Crippen molar-refractivity contribution in [2.24, 2.45) is 0 Å². The molecule has 0 radical (unpaired) electrons. The van der Waals surface area contributed by atoms with Gasteiger partial charge in [-0.25, -0.2) is 9.97 Å². The predicted octanol–water partition coefficient (Wildman–Crippen LogP) is 3.14. The van der Waals surface area contributed by atoms with Gasteiger partial charge >= 0.3 is 0 Å². The Bertz CT molecular complexity index is 981. The molecule has 8 heteroatoms. The number of hydrogen-bond donors (Lipinski definition) is 2. The lowest BCUT2D eigenvalue weighted by atomic mass is 10.1. The minimum absolute atomic E-state index is 0.143. The summed E-state index contributed by atoms with van der Waals surface area (Å²) in [6.07, 6.45) is 5.70. The van der Waals surface area contributed by atoms with Gasteiger partial charge in [-0.2, -0.15) is 0 Å². The maximum Gasteiger partial charge on any atom is 0.222 e. The number of aromatic amines is 1. The van der Waals surface area contributed by atoms with Crippen molar-refractivity contribution in [3.05, 3.63) is 30.6 Å². The standard InChI is InChI=1S/C19H21N5O2S/c1-12(25)22-18-9-14-15(10-20-17(14)11-21-18)16-7-13(8-19(23-16)27-2)24-3-5-26-6-4-24/h7-11,20H,3-6H2,1-2H3,(H,21,22,25). The van der Waals surface area contributed by atoms with Gasteiger partial charge in [-0.15, -0.1) is 11.8 Å². The SMILES string of the molecule is CSc1cc(N2CCOCC2)cc(-c2c[nH]c3cnc(NC(C)=O)cc23)n1. The largest absolute Gasteiger partial charge is 0.378 e. The first-order chi connectivity index (χ1) is 13.1. The molecule has 0 saturated carbocycles. The smallest absolute Gasteiger partial charge is 0.222 e. The number of morpholine rings is 1. The van der Waals surface area contributed by atoms with E-state index in [1.54, 1.807) is 18.0 Å². The Morgan fingerprint density at radius 3 is 2.85 bits per heavy atom. The minimum Gasteiger partial charge on any atom is -0.378 e. The lowest BCUT2D eigenvalue weighted by Crippen LogP contribution is -2.36. The maximum absolute atomic E-state index is 11.4. The lowest BCUT2D eigenvalue weighted by molar-refractivity contribution is -0.114. The monoisotopic (exact) mass is 383 g/mol. The molecule has 4 rings (SSSR count). The van der Waals surface area contributed by atoms with E-state index in [0.717, 1.165) is 59.2 Å². The number of nitrogens with zero attached hydrogens (tertiary/aromatic N) is 3. The van der Waals surface area contributed by atoms with Crippen LogP contribution in [0, 0.1) is 0 Å². The normalized spacial score (nSPS) is 14.5. The number of amides is 1. The number of thioether (sulfide) groups is 1. The maximum atomic E-state index is 11.4. The van der Waals surface area contributed by atoms with E-state index in [1.165, 1.54) is 6.92 Å². The zero-order chi connectivity index (χ0) is 18.8. The quantitative estimate of drug-likeness (QED) is 0.674. The van der Waals surface area contributed by atoms with Crippen LogP contribution in [-0.2, 0) is 9.53 Å². The second-order valence-corrected chi connectivity index (χ2v) is 7.18. The molecule has 3 aromatic heterocycles. The molecular formula is C19H21N5O2S. The van der Waals surface area contributed by atoms with Crippen molar-refractivity contribution < 1.29 is 9.53 Å². The van der Waals surface area contributed by atoms with Gasteiger partial charge in [-0.05, 0) is 24.5 Å². The summed E-state index contributed by atoms with van der Waals surface area (Å²) in [5, 5.41) is 4.69. The summed E-state index contributed by atoms with van der Waals surface area (Å²) in [7, 11) is 0. The summed E-state index contributed by atoms with van der Waals surface area (Å²) < 4.78 is 5.47. The zero-order valence-electron chi connectivity index (χ0n) is 15.3. The number of nitrogens with one attached hydrogen (secondary N) is 2. The van der Waals surface area contributed by atoms with E-state index < -0.39 is 0 Å². The average molecular weight is 383 g/mol. The number of carbonyl (C=O) groups excluding carboxylic acids is 1. The number of anilines is 2. The predicted molar refractivity (Wildman–Crippen MR) is 108 cm³/mol. The molecule has 0 atom stereocenters. The lowest BCUT2D eigenvalue weighted by Gasteiger charge is -2.29. The number of carbonyl (C=O) groups is 1. The fourth-order valence-electron chi connectivity index (χ4n) is 3.22. The Labute approximate surface area is 161 Å². The summed E-state index contributed by atoms with van der Waals surface area (Å²) in [6, 6.07) is 6.12. The van der Waals surface area contributed by atoms with Crippen LogP contribution < -0.4 is 10.2 Å². The molecule has 0 aliphatic carbocycles. The van der Waals surface area contributed by atoms with Crippen LogP contribution in [-0.4, -0.2) is 53.4 Å². The Morgan fingerprint density at radius 2 is 2.11 bits per heavy atom. The number of ether oxygens (including phenoxy) is 1. The van der Waals surface area contributed by atoms with Crippen LogP contribution in [0.2, 0.25) is 0 Å². The van der Waals surface area contributed by atoms with E-state index in [2.05, 4.69) is 32.3 Å². The molecule has 1 saturated heterocycles. The highest BCUT2D eigenvalue weighted by atomic mass is 32.2. The Kier molecular flexibility index (Phi) is 5.00. The number of rotatable bonds is 4. The molecule has 1 aliphatic rings. The highest BCUT2D eigenvalue weighted by Gasteiger charge is 2.16. The Balaban J connectivity index is 1.78. The summed E-state index contributed by atoms with van der Waals surface area (Å²) >= 11 is 1.63. The number of hydrogen-bond acceptors (Lipinski definition) is 6. The molecule has 0 spiro atoms. The molecule has 7 nitrogen and oxygen atoms in total. The topological polar surface area (TPSA) is 83.1 Å². The van der Waals surface area contributed by atoms with Gasteiger partial charge in [0.05, 0.1) is 35.6 Å². The number of aromatic nitrogens is 3. The van der Waals surface area contributed by atoms with Gasteiger partial charge in [-0.3, -0.25) is 4.79 Å². The highest BCUT2D eigenvalue weighted by Crippen LogP contribution is 2.33. The molecule has 2 N–H and O–H groups in total. The van der Waals surface area contributed by atoms with Crippen molar-refractivity contribution in [3.63, 3.8) is 0 Å². The first-order valence-electron chi connectivity index (χ1n) is 8.78. The Morgan fingerprint density at radius 1 is 1.30 bits per heavy atom. The van der Waals surface area contributed by atoms with Gasteiger partial charge in [0.1, 0.15) is 5.82 Å². The van der Waals surface area contributed by atoms with Gasteiger partial charge in [0, 0.05) is 42.8 Å². The number of H-pyrrole nitrogens is 1. The second-order valence-electron chi connectivity index (χ2n) is 6.35. The molecule has 1 fully saturated rings. The summed E-state index contributed by atoms with van der Waals surface area (Å²) in [4.78, 5) is 26.0. The van der Waals surface area contributed by atoms with E-state index in [9.17, 15) is 4.79 Å². The van der Waals surface area contributed by atoms with E-state index in [0.29, 0.717) is 5.82 Å². The van der Waals surface area contributed by atoms with Gasteiger partial charge < -0.3 is 19.9 Å². The zero-order valence-corrected chi connectivity index (χ0v) is 16.1. The fourth-order valence-corrected chi connectivity index (χ4v) is 3.65. The summed E-state index contributed by atoms with van der Waals surface area (Å²) in [5.41, 5.74) is 3.94. The molecule has 1 amide bonds. The van der Waals surface area contributed by atoms with E-state index in [1.807, 2.05) is 18.5 Å². The van der Waals surface area contributed by atoms with Gasteiger partial charge in [0.2, 0.25) is 5.91 Å². The van der Waals surface area contributed by atoms with Gasteiger partial charge in [0.15, 0.2) is 0 Å². The van der Waals surface area contributed by atoms with Crippen molar-refractivity contribution in [2.45, 2.75) is 11.9 Å². The molecule has 0 unspecified atom stereocenters. The highest BCUT2D eigenvalue weighted by molar-refractivity contribution is 7.98. The summed E-state index contributed by atoms with van der Waals surface area (Å²) in [6.45, 7) is 4.71. The van der Waals surface area contributed by atoms with Crippen LogP contribution in [0.5, 0.6) is 0 Å². The molecule has 1 aliphatic heterocycles. The molecular weight excluding hydrogens is 362 g/mol. The van der Waals surface area contributed by atoms with Crippen LogP contribution in [0.15, 0.2) is 35.6 Å². The number of fused-ring (bicyclic) bond motifs is 1. The number of pyridine rings is 2.